The number of carbonyl (C=O) groups is 1. The lowest BCUT2D eigenvalue weighted by Crippen LogP contribution is -2.55. The predicted molar refractivity (Wildman–Crippen MR) is 127 cm³/mol. The van der Waals surface area contributed by atoms with Crippen molar-refractivity contribution in [1.82, 2.24) is 9.88 Å². The monoisotopic (exact) mass is 426 g/mol. The van der Waals surface area contributed by atoms with E-state index in [1.165, 1.54) is 6.42 Å². The minimum absolute atomic E-state index is 0.169. The molecule has 0 N–H and O–H groups in total. The van der Waals surface area contributed by atoms with E-state index in [0.717, 1.165) is 41.5 Å². The minimum Gasteiger partial charge on any atom is -0.455 e. The second kappa shape index (κ2) is 8.87. The number of fused-ring (bicyclic) bond motifs is 4. The summed E-state index contributed by atoms with van der Waals surface area (Å²) in [5.74, 6) is 0.630. The number of carbonyl (C=O) groups excluding carboxylic acids is 1. The normalized spacial score (nSPS) is 26.4. The number of rotatable bonds is 6. The highest BCUT2D eigenvalue weighted by atomic mass is 16.5. The van der Waals surface area contributed by atoms with Crippen LogP contribution in [0.4, 0.5) is 0 Å². The van der Waals surface area contributed by atoms with Crippen molar-refractivity contribution >= 4 is 16.9 Å². The number of hydrogen-bond donors (Lipinski definition) is 0. The topological polar surface area (TPSA) is 42.4 Å². The van der Waals surface area contributed by atoms with Gasteiger partial charge in [-0.2, -0.15) is 0 Å². The van der Waals surface area contributed by atoms with E-state index in [-0.39, 0.29) is 24.0 Å². The van der Waals surface area contributed by atoms with Crippen molar-refractivity contribution in [2.75, 3.05) is 13.1 Å². The first-order chi connectivity index (χ1) is 15.7. The molecule has 32 heavy (non-hydrogen) atoms. The van der Waals surface area contributed by atoms with Gasteiger partial charge in [0, 0.05) is 23.7 Å². The van der Waals surface area contributed by atoms with Gasteiger partial charge in [0.25, 0.3) is 0 Å². The molecule has 4 heteroatoms. The maximum atomic E-state index is 13.4. The first-order valence-corrected chi connectivity index (χ1v) is 11.6. The molecule has 164 valence electrons. The zero-order chi connectivity index (χ0) is 22.1. The van der Waals surface area contributed by atoms with Crippen molar-refractivity contribution in [1.29, 1.82) is 0 Å². The summed E-state index contributed by atoms with van der Waals surface area (Å²) in [4.78, 5) is 20.4. The molecule has 3 aliphatic rings. The molecule has 0 saturated carbocycles. The van der Waals surface area contributed by atoms with Crippen LogP contribution in [0.5, 0.6) is 0 Å². The van der Waals surface area contributed by atoms with E-state index in [1.807, 2.05) is 67.7 Å². The quantitative estimate of drug-likeness (QED) is 0.384. The van der Waals surface area contributed by atoms with Gasteiger partial charge in [-0.3, -0.25) is 14.7 Å². The van der Waals surface area contributed by atoms with E-state index in [4.69, 9.17) is 4.74 Å². The molecule has 4 heterocycles. The summed E-state index contributed by atoms with van der Waals surface area (Å²) in [7, 11) is 0. The molecule has 3 aliphatic heterocycles. The highest BCUT2D eigenvalue weighted by Gasteiger charge is 2.44. The second-order valence-corrected chi connectivity index (χ2v) is 9.15. The third-order valence-corrected chi connectivity index (χ3v) is 7.39. The van der Waals surface area contributed by atoms with E-state index in [1.54, 1.807) is 0 Å². The summed E-state index contributed by atoms with van der Waals surface area (Å²) in [5, 5.41) is 1.06. The standard InChI is InChI=1S/C28H30N2O2/c1-3-20-18-30-16-14-22(20)17-26(30)27(24-13-15-29-25-12-8-7-11-23(24)25)32-28(31)19(2)21-9-5-4-6-10-21/h3-13,15,19-20,22,26-27H,1,14,16-18H2,2H3/t19?,20-,22+,26+,27-/m0/s1. The van der Waals surface area contributed by atoms with Crippen LogP contribution in [0, 0.1) is 11.8 Å². The fraction of sp³-hybridized carbons (Fsp3) is 0.357. The third kappa shape index (κ3) is 3.84. The van der Waals surface area contributed by atoms with Crippen LogP contribution >= 0.6 is 0 Å². The molecule has 3 saturated heterocycles. The van der Waals surface area contributed by atoms with Crippen molar-refractivity contribution in [2.45, 2.75) is 37.8 Å². The summed E-state index contributed by atoms with van der Waals surface area (Å²) in [6.07, 6.45) is 5.82. The van der Waals surface area contributed by atoms with Crippen LogP contribution in [0.25, 0.3) is 10.9 Å². The largest absolute Gasteiger partial charge is 0.455 e. The molecule has 4 nitrogen and oxygen atoms in total. The molecular weight excluding hydrogens is 396 g/mol. The Morgan fingerprint density at radius 3 is 2.69 bits per heavy atom. The number of ether oxygens (including phenoxy) is 1. The maximum Gasteiger partial charge on any atom is 0.313 e. The molecular formula is C28H30N2O2. The summed E-state index contributed by atoms with van der Waals surface area (Å²) < 4.78 is 6.39. The van der Waals surface area contributed by atoms with Crippen molar-refractivity contribution < 1.29 is 9.53 Å². The fourth-order valence-electron chi connectivity index (χ4n) is 5.51. The lowest BCUT2D eigenvalue weighted by atomic mass is 9.73. The summed E-state index contributed by atoms with van der Waals surface area (Å²) in [5.41, 5.74) is 2.96. The Labute approximate surface area is 189 Å². The Bertz CT molecular complexity index is 1110. The molecule has 6 rings (SSSR count). The van der Waals surface area contributed by atoms with Crippen LogP contribution in [0.3, 0.4) is 0 Å². The highest BCUT2D eigenvalue weighted by Crippen LogP contribution is 2.43. The van der Waals surface area contributed by atoms with Crippen LogP contribution < -0.4 is 0 Å². The Kier molecular flexibility index (Phi) is 5.79. The Morgan fingerprint density at radius 1 is 1.16 bits per heavy atom. The van der Waals surface area contributed by atoms with E-state index < -0.39 is 0 Å². The summed E-state index contributed by atoms with van der Waals surface area (Å²) in [6.45, 7) is 8.02. The number of para-hydroxylation sites is 1. The number of nitrogens with zero attached hydrogens (tertiary/aromatic N) is 2. The highest BCUT2D eigenvalue weighted by molar-refractivity contribution is 5.83. The lowest BCUT2D eigenvalue weighted by molar-refractivity contribution is -0.158. The van der Waals surface area contributed by atoms with Crippen LogP contribution in [0.15, 0.2) is 79.5 Å². The zero-order valence-corrected chi connectivity index (χ0v) is 18.6. The molecule has 1 aromatic heterocycles. The van der Waals surface area contributed by atoms with Crippen LogP contribution in [0.2, 0.25) is 0 Å². The zero-order valence-electron chi connectivity index (χ0n) is 18.6. The molecule has 2 bridgehead atoms. The van der Waals surface area contributed by atoms with Crippen molar-refractivity contribution in [3.05, 3.63) is 90.6 Å². The minimum atomic E-state index is -0.324. The number of benzene rings is 2. The maximum absolute atomic E-state index is 13.4. The molecule has 0 spiro atoms. The van der Waals surface area contributed by atoms with Gasteiger partial charge < -0.3 is 4.74 Å². The number of hydrogen-bond acceptors (Lipinski definition) is 4. The smallest absolute Gasteiger partial charge is 0.313 e. The average Bonchev–Trinajstić information content (AvgIpc) is 2.87. The van der Waals surface area contributed by atoms with Crippen LogP contribution in [-0.4, -0.2) is 35.0 Å². The molecule has 2 aromatic carbocycles. The van der Waals surface area contributed by atoms with Crippen LogP contribution in [0.1, 0.15) is 42.9 Å². The van der Waals surface area contributed by atoms with Gasteiger partial charge in [-0.1, -0.05) is 54.6 Å². The molecule has 0 aliphatic carbocycles. The average molecular weight is 427 g/mol. The third-order valence-electron chi connectivity index (χ3n) is 7.39. The van der Waals surface area contributed by atoms with Gasteiger partial charge in [-0.15, -0.1) is 6.58 Å². The SMILES string of the molecule is C=C[C@H]1CN2CC[C@@H]1C[C@@H]2[C@@H](OC(=O)C(C)c1ccccc1)c1ccnc2ccccc12. The van der Waals surface area contributed by atoms with Gasteiger partial charge in [-0.05, 0) is 55.8 Å². The van der Waals surface area contributed by atoms with E-state index in [9.17, 15) is 4.79 Å². The molecule has 0 radical (unpaired) electrons. The predicted octanol–water partition coefficient (Wildman–Crippen LogP) is 5.52. The van der Waals surface area contributed by atoms with Gasteiger partial charge in [0.2, 0.25) is 0 Å². The first-order valence-electron chi connectivity index (χ1n) is 11.6. The fourth-order valence-corrected chi connectivity index (χ4v) is 5.51. The number of aromatic nitrogens is 1. The number of esters is 1. The first kappa shape index (κ1) is 20.9. The van der Waals surface area contributed by atoms with Crippen LogP contribution in [-0.2, 0) is 9.53 Å². The molecule has 3 aromatic rings. The van der Waals surface area contributed by atoms with Crippen molar-refractivity contribution in [3.8, 4) is 0 Å². The summed E-state index contributed by atoms with van der Waals surface area (Å²) in [6, 6.07) is 20.2. The number of pyridine rings is 1. The summed E-state index contributed by atoms with van der Waals surface area (Å²) >= 11 is 0. The lowest BCUT2D eigenvalue weighted by Gasteiger charge is -2.51. The number of piperidine rings is 3. The van der Waals surface area contributed by atoms with E-state index in [0.29, 0.717) is 11.8 Å². The Hall–Kier alpha value is -2.98. The van der Waals surface area contributed by atoms with Crippen molar-refractivity contribution in [2.24, 2.45) is 11.8 Å². The molecule has 6 atom stereocenters. The Morgan fingerprint density at radius 2 is 1.94 bits per heavy atom. The van der Waals surface area contributed by atoms with Gasteiger partial charge in [0.05, 0.1) is 17.5 Å². The van der Waals surface area contributed by atoms with Gasteiger partial charge >= 0.3 is 5.97 Å². The van der Waals surface area contributed by atoms with Gasteiger partial charge in [0.15, 0.2) is 0 Å². The van der Waals surface area contributed by atoms with E-state index in [2.05, 4.69) is 28.6 Å². The van der Waals surface area contributed by atoms with E-state index >= 15 is 0 Å². The van der Waals surface area contributed by atoms with Crippen molar-refractivity contribution in [3.63, 3.8) is 0 Å². The molecule has 3 fully saturated rings. The molecule has 2 unspecified atom stereocenters. The van der Waals surface area contributed by atoms with Gasteiger partial charge in [0.1, 0.15) is 6.10 Å². The second-order valence-electron chi connectivity index (χ2n) is 9.15. The molecule has 0 amide bonds. The Balaban J connectivity index is 1.51. The van der Waals surface area contributed by atoms with Gasteiger partial charge in [-0.25, -0.2) is 0 Å².